The zero-order valence-electron chi connectivity index (χ0n) is 12.6. The van der Waals surface area contributed by atoms with Crippen LogP contribution >= 0.6 is 0 Å². The minimum Gasteiger partial charge on any atom is -0.481 e. The highest BCUT2D eigenvalue weighted by Crippen LogP contribution is 1.99. The van der Waals surface area contributed by atoms with Gasteiger partial charge in [0.05, 0.1) is 0 Å². The van der Waals surface area contributed by atoms with Crippen molar-refractivity contribution in [3.63, 3.8) is 0 Å². The highest BCUT2D eigenvalue weighted by atomic mass is 16.4. The third kappa shape index (κ3) is 16.4. The van der Waals surface area contributed by atoms with Crippen LogP contribution in [-0.4, -0.2) is 11.1 Å². The summed E-state index contributed by atoms with van der Waals surface area (Å²) >= 11 is 0. The molecule has 0 aliphatic rings. The summed E-state index contributed by atoms with van der Waals surface area (Å²) in [5, 5.41) is 8.47. The molecular weight excluding hydrogens is 248 g/mol. The number of hydrogen-bond donors (Lipinski definition) is 1. The van der Waals surface area contributed by atoms with E-state index in [-0.39, 0.29) is 6.42 Å². The van der Waals surface area contributed by atoms with E-state index >= 15 is 0 Å². The molecule has 1 N–H and O–H groups in total. The highest BCUT2D eigenvalue weighted by molar-refractivity contribution is 5.66. The number of allylic oxidation sites excluding steroid dienone is 8. The largest absolute Gasteiger partial charge is 0.481 e. The minimum absolute atomic E-state index is 0.262. The van der Waals surface area contributed by atoms with Gasteiger partial charge in [0.15, 0.2) is 0 Å². The van der Waals surface area contributed by atoms with Gasteiger partial charge in [0, 0.05) is 6.42 Å². The van der Waals surface area contributed by atoms with E-state index in [1.807, 2.05) is 0 Å². The van der Waals surface area contributed by atoms with Crippen molar-refractivity contribution in [2.75, 3.05) is 0 Å². The second-order valence-corrected chi connectivity index (χ2v) is 4.67. The molecule has 0 aliphatic carbocycles. The van der Waals surface area contributed by atoms with Crippen molar-refractivity contribution in [1.29, 1.82) is 0 Å². The van der Waals surface area contributed by atoms with E-state index in [4.69, 9.17) is 5.11 Å². The van der Waals surface area contributed by atoms with Crippen molar-refractivity contribution in [2.45, 2.75) is 58.3 Å². The Hall–Kier alpha value is -1.57. The molecule has 0 aromatic rings. The first-order valence-corrected chi connectivity index (χ1v) is 7.59. The number of carbonyl (C=O) groups is 1. The van der Waals surface area contributed by atoms with Crippen LogP contribution in [0.1, 0.15) is 58.3 Å². The molecule has 0 saturated heterocycles. The number of carboxylic acids is 1. The summed E-state index contributed by atoms with van der Waals surface area (Å²) in [5.41, 5.74) is 0. The molecule has 0 bridgehead atoms. The van der Waals surface area contributed by atoms with Gasteiger partial charge in [0.2, 0.25) is 0 Å². The second kappa shape index (κ2) is 15.5. The zero-order chi connectivity index (χ0) is 14.9. The van der Waals surface area contributed by atoms with Crippen molar-refractivity contribution >= 4 is 5.97 Å². The Morgan fingerprint density at radius 1 is 0.800 bits per heavy atom. The molecule has 20 heavy (non-hydrogen) atoms. The SMILES string of the molecule is CCCC=CCC=CCC=CCC=CCCCC(=O)O. The lowest BCUT2D eigenvalue weighted by Gasteiger charge is -1.89. The maximum Gasteiger partial charge on any atom is 0.303 e. The van der Waals surface area contributed by atoms with E-state index in [0.29, 0.717) is 0 Å². The smallest absolute Gasteiger partial charge is 0.303 e. The fourth-order valence-electron chi connectivity index (χ4n) is 1.59. The molecule has 112 valence electrons. The van der Waals surface area contributed by atoms with Crippen LogP contribution in [0.5, 0.6) is 0 Å². The zero-order valence-corrected chi connectivity index (χ0v) is 12.6. The maximum absolute atomic E-state index is 10.3. The fourth-order valence-corrected chi connectivity index (χ4v) is 1.59. The lowest BCUT2D eigenvalue weighted by atomic mass is 10.2. The molecule has 0 unspecified atom stereocenters. The van der Waals surface area contributed by atoms with E-state index < -0.39 is 5.97 Å². The number of carboxylic acid groups (broad SMARTS) is 1. The summed E-state index contributed by atoms with van der Waals surface area (Å²) in [6, 6.07) is 0. The summed E-state index contributed by atoms with van der Waals surface area (Å²) in [6.45, 7) is 2.19. The summed E-state index contributed by atoms with van der Waals surface area (Å²) < 4.78 is 0. The van der Waals surface area contributed by atoms with Crippen molar-refractivity contribution < 1.29 is 9.90 Å². The van der Waals surface area contributed by atoms with E-state index in [2.05, 4.69) is 55.5 Å². The van der Waals surface area contributed by atoms with Crippen molar-refractivity contribution in [1.82, 2.24) is 0 Å². The normalized spacial score (nSPS) is 12.4. The average Bonchev–Trinajstić information content (AvgIpc) is 2.43. The van der Waals surface area contributed by atoms with Crippen LogP contribution < -0.4 is 0 Å². The number of unbranched alkanes of at least 4 members (excludes halogenated alkanes) is 2. The Morgan fingerprint density at radius 2 is 1.25 bits per heavy atom. The van der Waals surface area contributed by atoms with Crippen molar-refractivity contribution in [2.24, 2.45) is 0 Å². The molecule has 2 nitrogen and oxygen atoms in total. The van der Waals surface area contributed by atoms with Gasteiger partial charge in [0.1, 0.15) is 0 Å². The van der Waals surface area contributed by atoms with Crippen LogP contribution in [0.3, 0.4) is 0 Å². The van der Waals surface area contributed by atoms with Gasteiger partial charge >= 0.3 is 5.97 Å². The molecule has 0 amide bonds. The van der Waals surface area contributed by atoms with Gasteiger partial charge in [-0.25, -0.2) is 0 Å². The number of hydrogen-bond acceptors (Lipinski definition) is 1. The van der Waals surface area contributed by atoms with Crippen LogP contribution in [0, 0.1) is 0 Å². The van der Waals surface area contributed by atoms with E-state index in [1.165, 1.54) is 12.8 Å². The Labute approximate surface area is 123 Å². The van der Waals surface area contributed by atoms with Gasteiger partial charge in [-0.3, -0.25) is 4.79 Å². The molecule has 0 atom stereocenters. The summed E-state index contributed by atoms with van der Waals surface area (Å²) in [6.07, 6.45) is 24.4. The highest BCUT2D eigenvalue weighted by Gasteiger charge is 1.92. The summed E-state index contributed by atoms with van der Waals surface area (Å²) in [7, 11) is 0. The van der Waals surface area contributed by atoms with Gasteiger partial charge in [0.25, 0.3) is 0 Å². The summed E-state index contributed by atoms with van der Waals surface area (Å²) in [5.74, 6) is -0.713. The molecule has 0 spiro atoms. The van der Waals surface area contributed by atoms with Crippen LogP contribution in [0.4, 0.5) is 0 Å². The lowest BCUT2D eigenvalue weighted by molar-refractivity contribution is -0.137. The Kier molecular flexibility index (Phi) is 14.3. The van der Waals surface area contributed by atoms with Crippen LogP contribution in [0.25, 0.3) is 0 Å². The van der Waals surface area contributed by atoms with E-state index in [1.54, 1.807) is 0 Å². The van der Waals surface area contributed by atoms with Gasteiger partial charge in [-0.15, -0.1) is 0 Å². The monoisotopic (exact) mass is 276 g/mol. The van der Waals surface area contributed by atoms with Crippen molar-refractivity contribution in [3.05, 3.63) is 48.6 Å². The van der Waals surface area contributed by atoms with Gasteiger partial charge in [-0.2, -0.15) is 0 Å². The number of aliphatic carboxylic acids is 1. The first-order chi connectivity index (χ1) is 9.77. The quantitative estimate of drug-likeness (QED) is 0.381. The van der Waals surface area contributed by atoms with Crippen LogP contribution in [0.2, 0.25) is 0 Å². The van der Waals surface area contributed by atoms with Gasteiger partial charge in [-0.1, -0.05) is 62.0 Å². The summed E-state index contributed by atoms with van der Waals surface area (Å²) in [4.78, 5) is 10.3. The van der Waals surface area contributed by atoms with Gasteiger partial charge < -0.3 is 5.11 Å². The third-order valence-corrected chi connectivity index (χ3v) is 2.70. The predicted molar refractivity (Wildman–Crippen MR) is 86.8 cm³/mol. The maximum atomic E-state index is 10.3. The molecule has 0 aromatic heterocycles. The molecule has 0 saturated carbocycles. The Bertz CT molecular complexity index is 335. The lowest BCUT2D eigenvalue weighted by Crippen LogP contribution is -1.92. The molecule has 2 heteroatoms. The number of rotatable bonds is 12. The fraction of sp³-hybridized carbons (Fsp3) is 0.500. The van der Waals surface area contributed by atoms with Crippen molar-refractivity contribution in [3.8, 4) is 0 Å². The average molecular weight is 276 g/mol. The third-order valence-electron chi connectivity index (χ3n) is 2.70. The second-order valence-electron chi connectivity index (χ2n) is 4.67. The minimum atomic E-state index is -0.713. The molecule has 0 fully saturated rings. The molecule has 0 aromatic carbocycles. The van der Waals surface area contributed by atoms with Crippen LogP contribution in [-0.2, 0) is 4.79 Å². The molecule has 0 heterocycles. The first-order valence-electron chi connectivity index (χ1n) is 7.59. The molecule has 0 aliphatic heterocycles. The van der Waals surface area contributed by atoms with Crippen LogP contribution in [0.15, 0.2) is 48.6 Å². The first kappa shape index (κ1) is 18.4. The Balaban J connectivity index is 3.41. The van der Waals surface area contributed by atoms with Gasteiger partial charge in [-0.05, 0) is 38.5 Å². The predicted octanol–water partition coefficient (Wildman–Crippen LogP) is 5.44. The van der Waals surface area contributed by atoms with E-state index in [9.17, 15) is 4.79 Å². The molecule has 0 radical (unpaired) electrons. The van der Waals surface area contributed by atoms with E-state index in [0.717, 1.165) is 32.1 Å². The Morgan fingerprint density at radius 3 is 1.70 bits per heavy atom. The molecular formula is C18H28O2. The topological polar surface area (TPSA) is 37.3 Å². The molecule has 0 rings (SSSR count). The standard InChI is InChI=1S/C18H28O2/c1-2-3-4-5-6-7-8-9-10-11-12-13-14-15-16-17-18(19)20/h4-5,7-8,10-11,13-14H,2-3,6,9,12,15-17H2,1H3,(H,19,20).